The van der Waals surface area contributed by atoms with E-state index in [1.54, 1.807) is 0 Å². The van der Waals surface area contributed by atoms with Crippen molar-refractivity contribution in [1.82, 2.24) is 0 Å². The first-order valence-corrected chi connectivity index (χ1v) is 7.80. The fourth-order valence-corrected chi connectivity index (χ4v) is 3.05. The summed E-state index contributed by atoms with van der Waals surface area (Å²) in [5.41, 5.74) is 3.52. The highest BCUT2D eigenvalue weighted by Crippen LogP contribution is 2.33. The summed E-state index contributed by atoms with van der Waals surface area (Å²) in [6.07, 6.45) is 1.53. The molecule has 1 N–H and O–H groups in total. The van der Waals surface area contributed by atoms with Crippen molar-refractivity contribution in [2.24, 2.45) is 0 Å². The lowest BCUT2D eigenvalue weighted by Crippen LogP contribution is -2.23. The smallest absolute Gasteiger partial charge is 0.0810 e. The van der Waals surface area contributed by atoms with Crippen molar-refractivity contribution in [3.05, 3.63) is 64.1 Å². The number of nitrogens with zero attached hydrogens (tertiary/aromatic N) is 1. The molecule has 2 aromatic carbocycles. The van der Waals surface area contributed by atoms with Gasteiger partial charge in [0.15, 0.2) is 0 Å². The Morgan fingerprint density at radius 1 is 1.10 bits per heavy atom. The molecule has 0 radical (unpaired) electrons. The molecule has 0 saturated heterocycles. The monoisotopic (exact) mass is 331 g/mol. The molecule has 1 aliphatic rings. The number of hydrogen-bond acceptors (Lipinski definition) is 2. The van der Waals surface area contributed by atoms with Crippen molar-refractivity contribution in [2.75, 3.05) is 11.4 Å². The van der Waals surface area contributed by atoms with E-state index in [0.29, 0.717) is 0 Å². The van der Waals surface area contributed by atoms with Gasteiger partial charge in [0.05, 0.1) is 6.10 Å². The zero-order valence-electron chi connectivity index (χ0n) is 11.3. The van der Waals surface area contributed by atoms with Crippen LogP contribution in [0.15, 0.2) is 53.0 Å². The van der Waals surface area contributed by atoms with Gasteiger partial charge in [0.2, 0.25) is 0 Å². The largest absolute Gasteiger partial charge is 0.388 e. The molecule has 1 aliphatic heterocycles. The van der Waals surface area contributed by atoms with E-state index in [1.807, 2.05) is 18.2 Å². The maximum absolute atomic E-state index is 10.2. The van der Waals surface area contributed by atoms with Crippen LogP contribution in [0.3, 0.4) is 0 Å². The van der Waals surface area contributed by atoms with Crippen molar-refractivity contribution in [3.8, 4) is 0 Å². The average Bonchev–Trinajstić information content (AvgIpc) is 2.62. The van der Waals surface area contributed by atoms with Gasteiger partial charge in [0.1, 0.15) is 0 Å². The Labute approximate surface area is 128 Å². The lowest BCUT2D eigenvalue weighted by molar-refractivity contribution is 0.168. The predicted molar refractivity (Wildman–Crippen MR) is 85.8 cm³/mol. The number of hydrogen-bond donors (Lipinski definition) is 1. The molecule has 0 amide bonds. The van der Waals surface area contributed by atoms with Crippen LogP contribution in [-0.4, -0.2) is 11.7 Å². The number of benzene rings is 2. The maximum Gasteiger partial charge on any atom is 0.0810 e. The molecule has 0 bridgehead atoms. The van der Waals surface area contributed by atoms with E-state index in [1.165, 1.54) is 11.3 Å². The van der Waals surface area contributed by atoms with Gasteiger partial charge in [-0.05, 0) is 36.6 Å². The third-order valence-corrected chi connectivity index (χ3v) is 4.36. The Balaban J connectivity index is 1.89. The number of halogens is 1. The minimum absolute atomic E-state index is 0.332. The SMILES string of the molecule is OC1CCCN(Cc2ccc(Br)cc2)c2ccccc21. The lowest BCUT2D eigenvalue weighted by Gasteiger charge is -2.25. The highest BCUT2D eigenvalue weighted by molar-refractivity contribution is 9.10. The van der Waals surface area contributed by atoms with E-state index >= 15 is 0 Å². The Kier molecular flexibility index (Phi) is 4.08. The molecule has 20 heavy (non-hydrogen) atoms. The Bertz CT molecular complexity index is 582. The summed E-state index contributed by atoms with van der Waals surface area (Å²) < 4.78 is 1.10. The first-order chi connectivity index (χ1) is 9.74. The molecule has 2 aromatic rings. The van der Waals surface area contributed by atoms with Crippen molar-refractivity contribution in [2.45, 2.75) is 25.5 Å². The van der Waals surface area contributed by atoms with Crippen LogP contribution in [-0.2, 0) is 6.54 Å². The number of para-hydroxylation sites is 1. The summed E-state index contributed by atoms with van der Waals surface area (Å²) in [5, 5.41) is 10.2. The zero-order chi connectivity index (χ0) is 13.9. The van der Waals surface area contributed by atoms with Crippen molar-refractivity contribution in [1.29, 1.82) is 0 Å². The minimum Gasteiger partial charge on any atom is -0.388 e. The van der Waals surface area contributed by atoms with Crippen LogP contribution in [0.25, 0.3) is 0 Å². The molecule has 1 heterocycles. The van der Waals surface area contributed by atoms with Gasteiger partial charge in [0.25, 0.3) is 0 Å². The van der Waals surface area contributed by atoms with Crippen molar-refractivity contribution in [3.63, 3.8) is 0 Å². The lowest BCUT2D eigenvalue weighted by atomic mass is 10.0. The summed E-state index contributed by atoms with van der Waals surface area (Å²) >= 11 is 3.47. The standard InChI is InChI=1S/C17H18BrNO/c18-14-9-7-13(8-10-14)12-19-11-3-6-17(20)15-4-1-2-5-16(15)19/h1-2,4-5,7-10,17,20H,3,6,11-12H2. The molecule has 0 fully saturated rings. The Hall–Kier alpha value is -1.32. The molecule has 3 heteroatoms. The fraction of sp³-hybridized carbons (Fsp3) is 0.294. The molecule has 104 valence electrons. The minimum atomic E-state index is -0.332. The van der Waals surface area contributed by atoms with Crippen LogP contribution in [0.5, 0.6) is 0 Å². The highest BCUT2D eigenvalue weighted by Gasteiger charge is 2.20. The summed E-state index contributed by atoms with van der Waals surface area (Å²) in [4.78, 5) is 2.37. The Morgan fingerprint density at radius 3 is 2.65 bits per heavy atom. The molecule has 1 unspecified atom stereocenters. The second-order valence-corrected chi connectivity index (χ2v) is 6.18. The van der Waals surface area contributed by atoms with Gasteiger partial charge in [-0.2, -0.15) is 0 Å². The summed E-state index contributed by atoms with van der Waals surface area (Å²) in [6, 6.07) is 16.7. The number of anilines is 1. The second-order valence-electron chi connectivity index (χ2n) is 5.26. The number of fused-ring (bicyclic) bond motifs is 1. The predicted octanol–water partition coefficient (Wildman–Crippen LogP) is 4.28. The van der Waals surface area contributed by atoms with Crippen LogP contribution in [0, 0.1) is 0 Å². The molecular weight excluding hydrogens is 314 g/mol. The molecule has 0 spiro atoms. The molecule has 2 nitrogen and oxygen atoms in total. The van der Waals surface area contributed by atoms with E-state index in [4.69, 9.17) is 0 Å². The molecule has 3 rings (SSSR count). The first-order valence-electron chi connectivity index (χ1n) is 7.00. The van der Waals surface area contributed by atoms with Gasteiger partial charge in [0, 0.05) is 28.8 Å². The maximum atomic E-state index is 10.2. The number of aliphatic hydroxyl groups excluding tert-OH is 1. The molecule has 0 saturated carbocycles. The summed E-state index contributed by atoms with van der Waals surface area (Å²) in [6.45, 7) is 1.88. The molecule has 0 aromatic heterocycles. The number of aliphatic hydroxyl groups is 1. The fourth-order valence-electron chi connectivity index (χ4n) is 2.78. The van der Waals surface area contributed by atoms with Crippen molar-refractivity contribution >= 4 is 21.6 Å². The average molecular weight is 332 g/mol. The quantitative estimate of drug-likeness (QED) is 0.887. The van der Waals surface area contributed by atoms with Crippen LogP contribution in [0.2, 0.25) is 0 Å². The number of rotatable bonds is 2. The van der Waals surface area contributed by atoms with E-state index in [9.17, 15) is 5.11 Å². The van der Waals surface area contributed by atoms with Crippen LogP contribution < -0.4 is 4.90 Å². The molecule has 0 aliphatic carbocycles. The van der Waals surface area contributed by atoms with E-state index in [2.05, 4.69) is 51.2 Å². The van der Waals surface area contributed by atoms with Gasteiger partial charge < -0.3 is 10.0 Å². The second kappa shape index (κ2) is 5.98. The van der Waals surface area contributed by atoms with E-state index in [-0.39, 0.29) is 6.10 Å². The normalized spacial score (nSPS) is 18.5. The molecular formula is C17H18BrNO. The van der Waals surface area contributed by atoms with Gasteiger partial charge in [-0.25, -0.2) is 0 Å². The van der Waals surface area contributed by atoms with Crippen LogP contribution in [0.4, 0.5) is 5.69 Å². The van der Waals surface area contributed by atoms with Gasteiger partial charge in [-0.1, -0.05) is 46.3 Å². The van der Waals surface area contributed by atoms with Gasteiger partial charge in [-0.15, -0.1) is 0 Å². The van der Waals surface area contributed by atoms with Crippen molar-refractivity contribution < 1.29 is 5.11 Å². The van der Waals surface area contributed by atoms with Crippen LogP contribution in [0.1, 0.15) is 30.1 Å². The molecule has 1 atom stereocenters. The van der Waals surface area contributed by atoms with E-state index < -0.39 is 0 Å². The van der Waals surface area contributed by atoms with E-state index in [0.717, 1.165) is 36.0 Å². The van der Waals surface area contributed by atoms with Gasteiger partial charge >= 0.3 is 0 Å². The first kappa shape index (κ1) is 13.7. The summed E-state index contributed by atoms with van der Waals surface area (Å²) in [5.74, 6) is 0. The highest BCUT2D eigenvalue weighted by atomic mass is 79.9. The zero-order valence-corrected chi connectivity index (χ0v) is 12.9. The Morgan fingerprint density at radius 2 is 1.85 bits per heavy atom. The van der Waals surface area contributed by atoms with Gasteiger partial charge in [-0.3, -0.25) is 0 Å². The third kappa shape index (κ3) is 2.89. The topological polar surface area (TPSA) is 23.5 Å². The summed E-state index contributed by atoms with van der Waals surface area (Å²) in [7, 11) is 0. The third-order valence-electron chi connectivity index (χ3n) is 3.83. The van der Waals surface area contributed by atoms with Crippen LogP contribution >= 0.6 is 15.9 Å².